The van der Waals surface area contributed by atoms with E-state index >= 15 is 0 Å². The molecular formula is C15H20N2O3. The smallest absolute Gasteiger partial charge is 0.269 e. The molecule has 5 nitrogen and oxygen atoms in total. The lowest BCUT2D eigenvalue weighted by molar-refractivity contribution is -0.384. The van der Waals surface area contributed by atoms with E-state index in [-0.39, 0.29) is 5.69 Å². The van der Waals surface area contributed by atoms with Gasteiger partial charge in [0.2, 0.25) is 0 Å². The molecule has 0 aromatic heterocycles. The summed E-state index contributed by atoms with van der Waals surface area (Å²) in [7, 11) is 0. The van der Waals surface area contributed by atoms with Gasteiger partial charge < -0.3 is 10.1 Å². The zero-order chi connectivity index (χ0) is 14.2. The third-order valence-corrected chi connectivity index (χ3v) is 3.35. The minimum absolute atomic E-state index is 0.0836. The van der Waals surface area contributed by atoms with Crippen molar-refractivity contribution in [2.24, 2.45) is 0 Å². The Bertz CT molecular complexity index is 469. The number of hydrogen-bond acceptors (Lipinski definition) is 4. The molecule has 1 aromatic rings. The molecule has 0 radical (unpaired) electrons. The first kappa shape index (κ1) is 14.5. The summed E-state index contributed by atoms with van der Waals surface area (Å²) in [6.45, 7) is 2.33. The molecule has 1 aromatic carbocycles. The number of ether oxygens (including phenoxy) is 1. The molecular weight excluding hydrogens is 256 g/mol. The number of nitrogens with zero attached hydrogens (tertiary/aromatic N) is 1. The number of nitrogens with one attached hydrogen (secondary N) is 1. The molecule has 0 heterocycles. The number of nitro benzene ring substituents is 1. The molecule has 0 bridgehead atoms. The molecule has 0 atom stereocenters. The molecule has 0 amide bonds. The normalized spacial score (nSPS) is 14.1. The van der Waals surface area contributed by atoms with Crippen LogP contribution < -0.4 is 10.1 Å². The lowest BCUT2D eigenvalue weighted by Gasteiger charge is -2.07. The van der Waals surface area contributed by atoms with Gasteiger partial charge in [0.25, 0.3) is 5.69 Å². The molecule has 1 aliphatic rings. The monoisotopic (exact) mass is 276 g/mol. The number of allylic oxidation sites excluding steroid dienone is 1. The third kappa shape index (κ3) is 4.66. The molecule has 0 spiro atoms. The van der Waals surface area contributed by atoms with Crippen LogP contribution in [0.3, 0.4) is 0 Å². The van der Waals surface area contributed by atoms with E-state index < -0.39 is 4.92 Å². The fraction of sp³-hybridized carbons (Fsp3) is 0.467. The zero-order valence-corrected chi connectivity index (χ0v) is 11.5. The molecule has 1 N–H and O–H groups in total. The fourth-order valence-corrected chi connectivity index (χ4v) is 2.24. The van der Waals surface area contributed by atoms with Gasteiger partial charge >= 0.3 is 0 Å². The maximum atomic E-state index is 10.5. The van der Waals surface area contributed by atoms with Crippen LogP contribution in [-0.4, -0.2) is 24.6 Å². The molecule has 0 saturated heterocycles. The van der Waals surface area contributed by atoms with Crippen molar-refractivity contribution in [2.45, 2.75) is 25.7 Å². The third-order valence-electron chi connectivity index (χ3n) is 3.35. The van der Waals surface area contributed by atoms with Crippen LogP contribution >= 0.6 is 0 Å². The number of rotatable bonds is 8. The second kappa shape index (κ2) is 7.65. The Hall–Kier alpha value is -1.88. The number of hydrogen-bond donors (Lipinski definition) is 1. The van der Waals surface area contributed by atoms with Gasteiger partial charge in [-0.25, -0.2) is 0 Å². The van der Waals surface area contributed by atoms with Gasteiger partial charge in [-0.05, 0) is 44.4 Å². The van der Waals surface area contributed by atoms with Gasteiger partial charge in [0.1, 0.15) is 12.4 Å². The first-order valence-corrected chi connectivity index (χ1v) is 7.01. The summed E-state index contributed by atoms with van der Waals surface area (Å²) in [5.41, 5.74) is 1.65. The standard InChI is InChI=1S/C15H20N2O3/c18-17(19)14-5-7-15(8-6-14)20-12-11-16-10-9-13-3-1-2-4-13/h3,5-8,16H,1-2,4,9-12H2. The van der Waals surface area contributed by atoms with E-state index in [1.165, 1.54) is 31.4 Å². The van der Waals surface area contributed by atoms with Crippen molar-refractivity contribution in [3.8, 4) is 5.75 Å². The number of non-ortho nitro benzene ring substituents is 1. The molecule has 0 saturated carbocycles. The van der Waals surface area contributed by atoms with Crippen molar-refractivity contribution < 1.29 is 9.66 Å². The average Bonchev–Trinajstić information content (AvgIpc) is 2.96. The van der Waals surface area contributed by atoms with E-state index in [2.05, 4.69) is 11.4 Å². The SMILES string of the molecule is O=[N+]([O-])c1ccc(OCCNCCC2=CCCC2)cc1. The van der Waals surface area contributed by atoms with Gasteiger partial charge in [0.15, 0.2) is 0 Å². The summed E-state index contributed by atoms with van der Waals surface area (Å²) in [6, 6.07) is 6.16. The van der Waals surface area contributed by atoms with Crippen LogP contribution in [0.2, 0.25) is 0 Å². The molecule has 0 fully saturated rings. The van der Waals surface area contributed by atoms with Gasteiger partial charge in [-0.2, -0.15) is 0 Å². The van der Waals surface area contributed by atoms with Crippen molar-refractivity contribution in [1.29, 1.82) is 0 Å². The number of nitro groups is 1. The van der Waals surface area contributed by atoms with E-state index in [1.54, 1.807) is 17.7 Å². The molecule has 0 unspecified atom stereocenters. The molecule has 20 heavy (non-hydrogen) atoms. The summed E-state index contributed by atoms with van der Waals surface area (Å²) in [4.78, 5) is 10.1. The Balaban J connectivity index is 1.57. The second-order valence-electron chi connectivity index (χ2n) is 4.85. The average molecular weight is 276 g/mol. The Kier molecular flexibility index (Phi) is 5.55. The quantitative estimate of drug-likeness (QED) is 0.343. The highest BCUT2D eigenvalue weighted by Gasteiger charge is 2.05. The van der Waals surface area contributed by atoms with Crippen LogP contribution in [-0.2, 0) is 0 Å². The molecule has 2 rings (SSSR count). The summed E-state index contributed by atoms with van der Waals surface area (Å²) in [5, 5.41) is 13.8. The Morgan fingerprint density at radius 2 is 2.05 bits per heavy atom. The molecule has 1 aliphatic carbocycles. The number of benzene rings is 1. The van der Waals surface area contributed by atoms with E-state index in [9.17, 15) is 10.1 Å². The van der Waals surface area contributed by atoms with E-state index in [0.29, 0.717) is 12.4 Å². The van der Waals surface area contributed by atoms with Gasteiger partial charge in [-0.15, -0.1) is 0 Å². The van der Waals surface area contributed by atoms with E-state index in [4.69, 9.17) is 4.74 Å². The summed E-state index contributed by atoms with van der Waals surface area (Å²) in [5.74, 6) is 0.663. The largest absolute Gasteiger partial charge is 0.492 e. The van der Waals surface area contributed by atoms with Crippen LogP contribution in [0, 0.1) is 10.1 Å². The van der Waals surface area contributed by atoms with Crippen molar-refractivity contribution in [2.75, 3.05) is 19.7 Å². The highest BCUT2D eigenvalue weighted by atomic mass is 16.6. The van der Waals surface area contributed by atoms with Crippen molar-refractivity contribution >= 4 is 5.69 Å². The second-order valence-corrected chi connectivity index (χ2v) is 4.85. The first-order chi connectivity index (χ1) is 9.75. The Morgan fingerprint density at radius 3 is 2.70 bits per heavy atom. The minimum atomic E-state index is -0.414. The van der Waals surface area contributed by atoms with E-state index in [1.807, 2.05) is 0 Å². The van der Waals surface area contributed by atoms with E-state index in [0.717, 1.165) is 19.5 Å². The van der Waals surface area contributed by atoms with Crippen LogP contribution in [0.1, 0.15) is 25.7 Å². The van der Waals surface area contributed by atoms with Gasteiger partial charge in [-0.3, -0.25) is 10.1 Å². The highest BCUT2D eigenvalue weighted by Crippen LogP contribution is 2.19. The van der Waals surface area contributed by atoms with Crippen molar-refractivity contribution in [1.82, 2.24) is 5.32 Å². The maximum Gasteiger partial charge on any atom is 0.269 e. The van der Waals surface area contributed by atoms with Crippen LogP contribution in [0.5, 0.6) is 5.75 Å². The highest BCUT2D eigenvalue weighted by molar-refractivity contribution is 5.35. The zero-order valence-electron chi connectivity index (χ0n) is 11.5. The van der Waals surface area contributed by atoms with Gasteiger partial charge in [0.05, 0.1) is 4.92 Å². The van der Waals surface area contributed by atoms with Gasteiger partial charge in [0, 0.05) is 18.7 Å². The lowest BCUT2D eigenvalue weighted by atomic mass is 10.2. The molecule has 5 heteroatoms. The molecule has 108 valence electrons. The topological polar surface area (TPSA) is 64.4 Å². The Labute approximate surface area is 118 Å². The predicted octanol–water partition coefficient (Wildman–Crippen LogP) is 3.06. The van der Waals surface area contributed by atoms with Gasteiger partial charge in [-0.1, -0.05) is 11.6 Å². The van der Waals surface area contributed by atoms with Crippen LogP contribution in [0.25, 0.3) is 0 Å². The van der Waals surface area contributed by atoms with Crippen molar-refractivity contribution in [3.05, 3.63) is 46.0 Å². The lowest BCUT2D eigenvalue weighted by Crippen LogP contribution is -2.22. The fourth-order valence-electron chi connectivity index (χ4n) is 2.24. The first-order valence-electron chi connectivity index (χ1n) is 7.01. The predicted molar refractivity (Wildman–Crippen MR) is 78.0 cm³/mol. The summed E-state index contributed by atoms with van der Waals surface area (Å²) >= 11 is 0. The summed E-state index contributed by atoms with van der Waals surface area (Å²) in [6.07, 6.45) is 7.25. The van der Waals surface area contributed by atoms with Crippen LogP contribution in [0.4, 0.5) is 5.69 Å². The molecule has 0 aliphatic heterocycles. The Morgan fingerprint density at radius 1 is 1.25 bits per heavy atom. The summed E-state index contributed by atoms with van der Waals surface area (Å²) < 4.78 is 5.51. The maximum absolute atomic E-state index is 10.5. The minimum Gasteiger partial charge on any atom is -0.492 e. The van der Waals surface area contributed by atoms with Crippen LogP contribution in [0.15, 0.2) is 35.9 Å². The van der Waals surface area contributed by atoms with Crippen molar-refractivity contribution in [3.63, 3.8) is 0 Å².